The Balaban J connectivity index is 1.56. The van der Waals surface area contributed by atoms with E-state index in [0.717, 1.165) is 23.3 Å². The maximum absolute atomic E-state index is 12.4. The van der Waals surface area contributed by atoms with Crippen LogP contribution in [0.2, 0.25) is 5.02 Å². The fourth-order valence-corrected chi connectivity index (χ4v) is 3.16. The Morgan fingerprint density at radius 1 is 1.21 bits per heavy atom. The Morgan fingerprint density at radius 3 is 2.55 bits per heavy atom. The molecule has 0 saturated carbocycles. The second-order valence-corrected chi connectivity index (χ2v) is 7.68. The summed E-state index contributed by atoms with van der Waals surface area (Å²) in [7, 11) is 0. The highest BCUT2D eigenvalue weighted by atomic mass is 35.5. The number of aromatic nitrogens is 3. The van der Waals surface area contributed by atoms with E-state index in [1.54, 1.807) is 16.7 Å². The second-order valence-electron chi connectivity index (χ2n) is 6.86. The maximum Gasteiger partial charge on any atom is 0.240 e. The van der Waals surface area contributed by atoms with Crippen LogP contribution in [0.4, 0.5) is 0 Å². The van der Waals surface area contributed by atoms with Crippen molar-refractivity contribution in [1.29, 1.82) is 0 Å². The van der Waals surface area contributed by atoms with E-state index in [-0.39, 0.29) is 18.6 Å². The van der Waals surface area contributed by atoms with Crippen LogP contribution in [0.3, 0.4) is 0 Å². The number of rotatable bonds is 8. The topological polar surface area (TPSA) is 71.9 Å². The minimum atomic E-state index is -0.127. The summed E-state index contributed by atoms with van der Waals surface area (Å²) in [6.07, 6.45) is 0.877. The fourth-order valence-electron chi connectivity index (χ4n) is 2.84. The standard InChI is InChI=1S/C21H23ClN4O2S/c1-14(2)28-18-9-3-15(4-10-18)11-12-23-19(27)13-26-20(24-25-21(26)29)16-5-7-17(22)8-6-16/h3-10,14H,11-13H2,1-2H3,(H,23,27)(H,25,29). The lowest BCUT2D eigenvalue weighted by Gasteiger charge is -2.11. The molecule has 0 radical (unpaired) electrons. The van der Waals surface area contributed by atoms with Gasteiger partial charge in [0.1, 0.15) is 12.3 Å². The first-order chi connectivity index (χ1) is 13.9. The van der Waals surface area contributed by atoms with Crippen LogP contribution in [-0.2, 0) is 17.8 Å². The molecule has 0 unspecified atom stereocenters. The Morgan fingerprint density at radius 2 is 1.90 bits per heavy atom. The van der Waals surface area contributed by atoms with Gasteiger partial charge in [-0.15, -0.1) is 0 Å². The van der Waals surface area contributed by atoms with Crippen LogP contribution in [-0.4, -0.2) is 33.3 Å². The molecule has 0 atom stereocenters. The SMILES string of the molecule is CC(C)Oc1ccc(CCNC(=O)Cn2c(-c3ccc(Cl)cc3)n[nH]c2=S)cc1. The highest BCUT2D eigenvalue weighted by Crippen LogP contribution is 2.20. The molecule has 0 bridgehead atoms. The van der Waals surface area contributed by atoms with Gasteiger partial charge in [0.25, 0.3) is 0 Å². The van der Waals surface area contributed by atoms with E-state index < -0.39 is 0 Å². The lowest BCUT2D eigenvalue weighted by Crippen LogP contribution is -2.29. The molecule has 8 heteroatoms. The molecule has 0 aliphatic carbocycles. The summed E-state index contributed by atoms with van der Waals surface area (Å²) in [5.74, 6) is 1.32. The van der Waals surface area contributed by atoms with E-state index >= 15 is 0 Å². The van der Waals surface area contributed by atoms with Crippen LogP contribution in [0, 0.1) is 4.77 Å². The third-order valence-corrected chi connectivity index (χ3v) is 4.76. The van der Waals surface area contributed by atoms with Crippen LogP contribution < -0.4 is 10.1 Å². The Labute approximate surface area is 179 Å². The van der Waals surface area contributed by atoms with Gasteiger partial charge in [-0.1, -0.05) is 23.7 Å². The highest BCUT2D eigenvalue weighted by Gasteiger charge is 2.12. The van der Waals surface area contributed by atoms with Crippen molar-refractivity contribution in [2.45, 2.75) is 32.9 Å². The first kappa shape index (κ1) is 21.1. The molecule has 6 nitrogen and oxygen atoms in total. The van der Waals surface area contributed by atoms with Crippen molar-refractivity contribution in [1.82, 2.24) is 20.1 Å². The summed E-state index contributed by atoms with van der Waals surface area (Å²) in [6.45, 7) is 4.61. The molecule has 1 aromatic heterocycles. The molecule has 0 spiro atoms. The van der Waals surface area contributed by atoms with Crippen molar-refractivity contribution in [3.05, 3.63) is 63.9 Å². The Hall–Kier alpha value is -2.64. The summed E-state index contributed by atoms with van der Waals surface area (Å²) in [4.78, 5) is 12.4. The third-order valence-electron chi connectivity index (χ3n) is 4.19. The number of hydrogen-bond acceptors (Lipinski definition) is 4. The molecule has 1 heterocycles. The number of nitrogens with one attached hydrogen (secondary N) is 2. The van der Waals surface area contributed by atoms with Gasteiger partial charge in [-0.05, 0) is 74.4 Å². The van der Waals surface area contributed by atoms with Gasteiger partial charge in [-0.25, -0.2) is 0 Å². The molecule has 3 aromatic rings. The van der Waals surface area contributed by atoms with Crippen molar-refractivity contribution in [2.75, 3.05) is 6.54 Å². The normalized spacial score (nSPS) is 10.9. The number of hydrogen-bond donors (Lipinski definition) is 2. The van der Waals surface area contributed by atoms with Crippen molar-refractivity contribution in [3.63, 3.8) is 0 Å². The number of aromatic amines is 1. The first-order valence-corrected chi connectivity index (χ1v) is 10.1. The summed E-state index contributed by atoms with van der Waals surface area (Å²) in [5, 5.41) is 10.5. The number of halogens is 1. The molecule has 2 N–H and O–H groups in total. The van der Waals surface area contributed by atoms with Crippen LogP contribution >= 0.6 is 23.8 Å². The van der Waals surface area contributed by atoms with E-state index in [2.05, 4.69) is 15.5 Å². The highest BCUT2D eigenvalue weighted by molar-refractivity contribution is 7.71. The molecule has 0 fully saturated rings. The summed E-state index contributed by atoms with van der Waals surface area (Å²) in [5.41, 5.74) is 1.96. The molecule has 0 saturated heterocycles. The molecular formula is C21H23ClN4O2S. The zero-order chi connectivity index (χ0) is 20.8. The molecule has 1 amide bonds. The van der Waals surface area contributed by atoms with Gasteiger partial charge in [0, 0.05) is 17.1 Å². The van der Waals surface area contributed by atoms with Gasteiger partial charge >= 0.3 is 0 Å². The quantitative estimate of drug-likeness (QED) is 0.519. The molecule has 0 aliphatic rings. The van der Waals surface area contributed by atoms with Gasteiger partial charge in [-0.2, -0.15) is 5.10 Å². The summed E-state index contributed by atoms with van der Waals surface area (Å²) in [6, 6.07) is 15.1. The van der Waals surface area contributed by atoms with Crippen molar-refractivity contribution in [2.24, 2.45) is 0 Å². The van der Waals surface area contributed by atoms with Gasteiger partial charge < -0.3 is 10.1 Å². The average Bonchev–Trinajstić information content (AvgIpc) is 3.04. The minimum Gasteiger partial charge on any atom is -0.491 e. The number of carbonyl (C=O) groups is 1. The number of nitrogens with zero attached hydrogens (tertiary/aromatic N) is 2. The Kier molecular flexibility index (Phi) is 7.06. The lowest BCUT2D eigenvalue weighted by molar-refractivity contribution is -0.121. The third kappa shape index (κ3) is 5.92. The van der Waals surface area contributed by atoms with Crippen LogP contribution in [0.1, 0.15) is 19.4 Å². The zero-order valence-electron chi connectivity index (χ0n) is 16.3. The smallest absolute Gasteiger partial charge is 0.240 e. The van der Waals surface area contributed by atoms with Crippen molar-refractivity contribution < 1.29 is 9.53 Å². The number of H-pyrrole nitrogens is 1. The minimum absolute atomic E-state index is 0.0917. The van der Waals surface area contributed by atoms with Gasteiger partial charge in [0.15, 0.2) is 10.6 Å². The van der Waals surface area contributed by atoms with E-state index in [9.17, 15) is 4.79 Å². The van der Waals surface area contributed by atoms with Crippen molar-refractivity contribution >= 4 is 29.7 Å². The van der Waals surface area contributed by atoms with Crippen molar-refractivity contribution in [3.8, 4) is 17.1 Å². The second kappa shape index (κ2) is 9.71. The summed E-state index contributed by atoms with van der Waals surface area (Å²) < 4.78 is 7.70. The molecule has 152 valence electrons. The van der Waals surface area contributed by atoms with E-state index in [1.807, 2.05) is 50.2 Å². The zero-order valence-corrected chi connectivity index (χ0v) is 17.9. The first-order valence-electron chi connectivity index (χ1n) is 9.36. The molecule has 3 rings (SSSR count). The molecule has 0 aliphatic heterocycles. The molecular weight excluding hydrogens is 408 g/mol. The van der Waals surface area contributed by atoms with E-state index in [1.165, 1.54) is 0 Å². The monoisotopic (exact) mass is 430 g/mol. The number of benzene rings is 2. The van der Waals surface area contributed by atoms with E-state index in [0.29, 0.717) is 22.2 Å². The van der Waals surface area contributed by atoms with Crippen LogP contribution in [0.15, 0.2) is 48.5 Å². The number of ether oxygens (including phenoxy) is 1. The van der Waals surface area contributed by atoms with E-state index in [4.69, 9.17) is 28.6 Å². The van der Waals surface area contributed by atoms with Gasteiger partial charge in [0.2, 0.25) is 5.91 Å². The van der Waals surface area contributed by atoms with Crippen LogP contribution in [0.5, 0.6) is 5.75 Å². The summed E-state index contributed by atoms with van der Waals surface area (Å²) >= 11 is 11.2. The maximum atomic E-state index is 12.4. The largest absolute Gasteiger partial charge is 0.491 e. The predicted octanol–water partition coefficient (Wildman–Crippen LogP) is 4.41. The molecule has 2 aromatic carbocycles. The molecule has 29 heavy (non-hydrogen) atoms. The Bertz CT molecular complexity index is 1010. The number of carbonyl (C=O) groups excluding carboxylic acids is 1. The van der Waals surface area contributed by atoms with Gasteiger partial charge in [-0.3, -0.25) is 14.5 Å². The fraction of sp³-hybridized carbons (Fsp3) is 0.286. The average molecular weight is 431 g/mol. The predicted molar refractivity (Wildman–Crippen MR) is 117 cm³/mol. The lowest BCUT2D eigenvalue weighted by atomic mass is 10.1. The van der Waals surface area contributed by atoms with Crippen LogP contribution in [0.25, 0.3) is 11.4 Å². The number of amides is 1. The van der Waals surface area contributed by atoms with Gasteiger partial charge in [0.05, 0.1) is 6.10 Å².